The van der Waals surface area contributed by atoms with Gasteiger partial charge in [0.05, 0.1) is 17.0 Å². The van der Waals surface area contributed by atoms with Gasteiger partial charge in [-0.3, -0.25) is 15.2 Å². The molecule has 0 atom stereocenters. The third-order valence-corrected chi connectivity index (χ3v) is 2.72. The molecule has 2 heterocycles. The van der Waals surface area contributed by atoms with Crippen LogP contribution in [0, 0.1) is 10.1 Å². The van der Waals surface area contributed by atoms with E-state index in [1.54, 1.807) is 6.07 Å². The van der Waals surface area contributed by atoms with Crippen molar-refractivity contribution in [2.24, 2.45) is 0 Å². The number of fused-ring (bicyclic) bond motifs is 1. The molecule has 0 aliphatic heterocycles. The summed E-state index contributed by atoms with van der Waals surface area (Å²) in [6, 6.07) is 4.45. The molecule has 0 bridgehead atoms. The third-order valence-electron chi connectivity index (χ3n) is 2.72. The highest BCUT2D eigenvalue weighted by Crippen LogP contribution is 2.24. The second-order valence-electron chi connectivity index (χ2n) is 3.97. The Balaban J connectivity index is 1.96. The monoisotopic (exact) mass is 271 g/mol. The Morgan fingerprint density at radius 1 is 1.25 bits per heavy atom. The second-order valence-corrected chi connectivity index (χ2v) is 3.97. The summed E-state index contributed by atoms with van der Waals surface area (Å²) in [5, 5.41) is 20.9. The summed E-state index contributed by atoms with van der Waals surface area (Å²) in [5.41, 5.74) is 0.626. The maximum atomic E-state index is 10.8. The van der Waals surface area contributed by atoms with Gasteiger partial charge in [0, 0.05) is 17.5 Å². The van der Waals surface area contributed by atoms with Crippen molar-refractivity contribution in [1.82, 2.24) is 25.1 Å². The van der Waals surface area contributed by atoms with Crippen LogP contribution in [0.5, 0.6) is 0 Å². The van der Waals surface area contributed by atoms with Crippen molar-refractivity contribution in [3.63, 3.8) is 0 Å². The van der Waals surface area contributed by atoms with Crippen LogP contribution in [0.2, 0.25) is 0 Å². The molecule has 9 nitrogen and oxygen atoms in total. The van der Waals surface area contributed by atoms with Gasteiger partial charge in [-0.15, -0.1) is 0 Å². The van der Waals surface area contributed by atoms with Crippen LogP contribution in [0.3, 0.4) is 0 Å². The standard InChI is InChI=1S/C11H9N7O2/c19-18(20)7-1-2-9-8(3-7)11(15-5-13-9)12-4-10-14-6-16-17-10/h1-3,5-6H,4H2,(H,12,13,15)(H,14,16,17). The van der Waals surface area contributed by atoms with Crippen LogP contribution in [0.25, 0.3) is 10.9 Å². The summed E-state index contributed by atoms with van der Waals surface area (Å²) in [7, 11) is 0. The highest BCUT2D eigenvalue weighted by molar-refractivity contribution is 5.90. The van der Waals surface area contributed by atoms with E-state index in [2.05, 4.69) is 30.5 Å². The van der Waals surface area contributed by atoms with E-state index in [4.69, 9.17) is 0 Å². The normalized spacial score (nSPS) is 10.6. The summed E-state index contributed by atoms with van der Waals surface area (Å²) < 4.78 is 0. The Hall–Kier alpha value is -3.10. The summed E-state index contributed by atoms with van der Waals surface area (Å²) in [6.07, 6.45) is 2.80. The van der Waals surface area contributed by atoms with Gasteiger partial charge in [0.25, 0.3) is 5.69 Å². The average Bonchev–Trinajstić information content (AvgIpc) is 2.97. The van der Waals surface area contributed by atoms with E-state index in [0.29, 0.717) is 29.1 Å². The van der Waals surface area contributed by atoms with Crippen LogP contribution >= 0.6 is 0 Å². The SMILES string of the molecule is O=[N+]([O-])c1ccc2ncnc(NCc3ncn[nH]3)c2c1. The largest absolute Gasteiger partial charge is 0.362 e. The zero-order valence-corrected chi connectivity index (χ0v) is 10.1. The van der Waals surface area contributed by atoms with Crippen LogP contribution in [0.1, 0.15) is 5.82 Å². The molecule has 2 N–H and O–H groups in total. The van der Waals surface area contributed by atoms with Crippen molar-refractivity contribution >= 4 is 22.4 Å². The van der Waals surface area contributed by atoms with Gasteiger partial charge in [0.2, 0.25) is 0 Å². The highest BCUT2D eigenvalue weighted by atomic mass is 16.6. The Labute approximate surface area is 112 Å². The maximum Gasteiger partial charge on any atom is 0.270 e. The molecule has 0 amide bonds. The number of aromatic amines is 1. The van der Waals surface area contributed by atoms with Gasteiger partial charge in [-0.05, 0) is 6.07 Å². The van der Waals surface area contributed by atoms with Gasteiger partial charge < -0.3 is 5.32 Å². The van der Waals surface area contributed by atoms with Gasteiger partial charge >= 0.3 is 0 Å². The van der Waals surface area contributed by atoms with Crippen LogP contribution < -0.4 is 5.32 Å². The van der Waals surface area contributed by atoms with E-state index in [-0.39, 0.29) is 5.69 Å². The summed E-state index contributed by atoms with van der Waals surface area (Å²) in [5.74, 6) is 1.15. The lowest BCUT2D eigenvalue weighted by molar-refractivity contribution is -0.384. The Morgan fingerprint density at radius 2 is 2.15 bits per heavy atom. The Morgan fingerprint density at radius 3 is 2.90 bits per heavy atom. The van der Waals surface area contributed by atoms with E-state index < -0.39 is 4.92 Å². The van der Waals surface area contributed by atoms with Gasteiger partial charge in [-0.25, -0.2) is 15.0 Å². The number of nitro groups is 1. The van der Waals surface area contributed by atoms with Gasteiger partial charge in [-0.2, -0.15) is 5.10 Å². The lowest BCUT2D eigenvalue weighted by Gasteiger charge is -2.06. The first-order valence-corrected chi connectivity index (χ1v) is 5.71. The van der Waals surface area contributed by atoms with Crippen molar-refractivity contribution in [3.8, 4) is 0 Å². The lowest BCUT2D eigenvalue weighted by Crippen LogP contribution is -2.04. The number of hydrogen-bond acceptors (Lipinski definition) is 7. The molecule has 2 aromatic heterocycles. The molecule has 100 valence electrons. The fourth-order valence-corrected chi connectivity index (χ4v) is 1.78. The number of nitro benzene ring substituents is 1. The molecular weight excluding hydrogens is 262 g/mol. The van der Waals surface area contributed by atoms with Crippen LogP contribution in [-0.4, -0.2) is 30.1 Å². The van der Waals surface area contributed by atoms with Crippen LogP contribution in [-0.2, 0) is 6.54 Å². The molecule has 0 radical (unpaired) electrons. The molecular formula is C11H9N7O2. The number of nitrogens with zero attached hydrogens (tertiary/aromatic N) is 5. The fraction of sp³-hybridized carbons (Fsp3) is 0.0909. The predicted molar refractivity (Wildman–Crippen MR) is 69.9 cm³/mol. The number of anilines is 1. The van der Waals surface area contributed by atoms with Crippen LogP contribution in [0.15, 0.2) is 30.9 Å². The number of rotatable bonds is 4. The van der Waals surface area contributed by atoms with Gasteiger partial charge in [0.1, 0.15) is 24.3 Å². The minimum Gasteiger partial charge on any atom is -0.362 e. The van der Waals surface area contributed by atoms with Crippen molar-refractivity contribution in [3.05, 3.63) is 46.8 Å². The third kappa shape index (κ3) is 2.23. The smallest absolute Gasteiger partial charge is 0.270 e. The van der Waals surface area contributed by atoms with E-state index in [0.717, 1.165) is 0 Å². The highest BCUT2D eigenvalue weighted by Gasteiger charge is 2.10. The lowest BCUT2D eigenvalue weighted by atomic mass is 10.2. The van der Waals surface area contributed by atoms with Gasteiger partial charge in [0.15, 0.2) is 0 Å². The molecule has 0 saturated carbocycles. The van der Waals surface area contributed by atoms with Crippen molar-refractivity contribution in [2.45, 2.75) is 6.54 Å². The minimum atomic E-state index is -0.452. The van der Waals surface area contributed by atoms with E-state index in [9.17, 15) is 10.1 Å². The first kappa shape index (κ1) is 12.0. The topological polar surface area (TPSA) is 123 Å². The average molecular weight is 271 g/mol. The number of H-pyrrole nitrogens is 1. The molecule has 0 spiro atoms. The number of non-ortho nitro benzene ring substituents is 1. The second kappa shape index (κ2) is 4.88. The molecule has 1 aromatic carbocycles. The number of aromatic nitrogens is 5. The van der Waals surface area contributed by atoms with Gasteiger partial charge in [-0.1, -0.05) is 0 Å². The zero-order valence-electron chi connectivity index (χ0n) is 10.1. The molecule has 0 aliphatic carbocycles. The molecule has 3 rings (SSSR count). The first-order chi connectivity index (χ1) is 9.74. The van der Waals surface area contributed by atoms with E-state index in [1.165, 1.54) is 24.8 Å². The van der Waals surface area contributed by atoms with Crippen molar-refractivity contribution in [2.75, 3.05) is 5.32 Å². The quantitative estimate of drug-likeness (QED) is 0.541. The van der Waals surface area contributed by atoms with E-state index >= 15 is 0 Å². The number of hydrogen-bond donors (Lipinski definition) is 2. The first-order valence-electron chi connectivity index (χ1n) is 5.71. The summed E-state index contributed by atoms with van der Waals surface area (Å²) in [6.45, 7) is 0.384. The Bertz CT molecular complexity index is 757. The maximum absolute atomic E-state index is 10.8. The minimum absolute atomic E-state index is 0.00462. The van der Waals surface area contributed by atoms with Crippen molar-refractivity contribution in [1.29, 1.82) is 0 Å². The van der Waals surface area contributed by atoms with Crippen molar-refractivity contribution < 1.29 is 4.92 Å². The Kier molecular flexibility index (Phi) is 2.92. The molecule has 20 heavy (non-hydrogen) atoms. The number of benzene rings is 1. The van der Waals surface area contributed by atoms with Crippen LogP contribution in [0.4, 0.5) is 11.5 Å². The predicted octanol–water partition coefficient (Wildman–Crippen LogP) is 1.27. The summed E-state index contributed by atoms with van der Waals surface area (Å²) in [4.78, 5) is 22.5. The molecule has 0 aliphatic rings. The zero-order chi connectivity index (χ0) is 13.9. The molecule has 3 aromatic rings. The molecule has 0 unspecified atom stereocenters. The summed E-state index contributed by atoms with van der Waals surface area (Å²) >= 11 is 0. The molecule has 0 saturated heterocycles. The fourth-order valence-electron chi connectivity index (χ4n) is 1.78. The van der Waals surface area contributed by atoms with E-state index in [1.807, 2.05) is 0 Å². The molecule has 9 heteroatoms. The molecule has 0 fully saturated rings. The number of nitrogens with one attached hydrogen (secondary N) is 2.